The Hall–Kier alpha value is -1.24. The highest BCUT2D eigenvalue weighted by Gasteiger charge is 2.24. The summed E-state index contributed by atoms with van der Waals surface area (Å²) >= 11 is 0. The Bertz CT molecular complexity index is 276. The molecule has 0 saturated heterocycles. The molecule has 0 rings (SSSR count). The third-order valence-electron chi connectivity index (χ3n) is 2.38. The van der Waals surface area contributed by atoms with Crippen LogP contribution in [-0.4, -0.2) is 29.7 Å². The zero-order valence-corrected chi connectivity index (χ0v) is 11.6. The molecule has 0 N–H and O–H groups in total. The highest BCUT2D eigenvalue weighted by Crippen LogP contribution is 2.13. The van der Waals surface area contributed by atoms with Crippen molar-refractivity contribution in [1.29, 1.82) is 5.26 Å². The second kappa shape index (κ2) is 7.16. The standard InChI is InChI=1S/C13H24N2O2/c1-6-7-8-9-11(10-14)15(5)12(16)17-13(2,3)4/h11H,6-9H2,1-5H3. The van der Waals surface area contributed by atoms with Gasteiger partial charge in [-0.25, -0.2) is 4.79 Å². The van der Waals surface area contributed by atoms with Gasteiger partial charge in [0.2, 0.25) is 0 Å². The second-order valence-corrected chi connectivity index (χ2v) is 5.23. The Morgan fingerprint density at radius 2 is 2.00 bits per heavy atom. The lowest BCUT2D eigenvalue weighted by Crippen LogP contribution is -2.40. The van der Waals surface area contributed by atoms with Gasteiger partial charge in [0.05, 0.1) is 6.07 Å². The van der Waals surface area contributed by atoms with Crippen LogP contribution in [0.1, 0.15) is 53.4 Å². The van der Waals surface area contributed by atoms with Gasteiger partial charge in [0.1, 0.15) is 11.6 Å². The van der Waals surface area contributed by atoms with Crippen molar-refractivity contribution in [3.05, 3.63) is 0 Å². The molecule has 0 bridgehead atoms. The summed E-state index contributed by atoms with van der Waals surface area (Å²) in [5, 5.41) is 9.04. The van der Waals surface area contributed by atoms with Crippen molar-refractivity contribution in [3.8, 4) is 6.07 Å². The van der Waals surface area contributed by atoms with Gasteiger partial charge in [-0.15, -0.1) is 0 Å². The minimum atomic E-state index is -0.519. The molecule has 4 heteroatoms. The molecular weight excluding hydrogens is 216 g/mol. The molecule has 98 valence electrons. The minimum absolute atomic E-state index is 0.392. The van der Waals surface area contributed by atoms with Crippen LogP contribution in [0.5, 0.6) is 0 Å². The summed E-state index contributed by atoms with van der Waals surface area (Å²) in [5.41, 5.74) is -0.519. The number of unbranched alkanes of at least 4 members (excludes halogenated alkanes) is 2. The van der Waals surface area contributed by atoms with Gasteiger partial charge in [-0.2, -0.15) is 5.26 Å². The summed E-state index contributed by atoms with van der Waals surface area (Å²) in [4.78, 5) is 13.1. The van der Waals surface area contributed by atoms with Crippen LogP contribution in [0.25, 0.3) is 0 Å². The Labute approximate surface area is 105 Å². The van der Waals surface area contributed by atoms with Crippen molar-refractivity contribution in [1.82, 2.24) is 4.90 Å². The normalized spacial score (nSPS) is 12.7. The molecule has 1 amide bonds. The van der Waals surface area contributed by atoms with Crippen LogP contribution >= 0.6 is 0 Å². The van der Waals surface area contributed by atoms with Crippen molar-refractivity contribution in [3.63, 3.8) is 0 Å². The van der Waals surface area contributed by atoms with Crippen molar-refractivity contribution in [2.45, 2.75) is 65.0 Å². The predicted molar refractivity (Wildman–Crippen MR) is 67.5 cm³/mol. The van der Waals surface area contributed by atoms with Crippen LogP contribution in [-0.2, 0) is 4.74 Å². The summed E-state index contributed by atoms with van der Waals surface area (Å²) in [7, 11) is 1.62. The lowest BCUT2D eigenvalue weighted by atomic mass is 10.1. The van der Waals surface area contributed by atoms with E-state index in [4.69, 9.17) is 10.00 Å². The first-order chi connectivity index (χ1) is 7.81. The molecular formula is C13H24N2O2. The van der Waals surface area contributed by atoms with Crippen LogP contribution in [0.3, 0.4) is 0 Å². The predicted octanol–water partition coefficient (Wildman–Crippen LogP) is 3.33. The smallest absolute Gasteiger partial charge is 0.411 e. The van der Waals surface area contributed by atoms with Crippen LogP contribution < -0.4 is 0 Å². The largest absolute Gasteiger partial charge is 0.444 e. The van der Waals surface area contributed by atoms with Crippen molar-refractivity contribution in [2.75, 3.05) is 7.05 Å². The van der Waals surface area contributed by atoms with E-state index < -0.39 is 17.7 Å². The van der Waals surface area contributed by atoms with E-state index in [-0.39, 0.29) is 0 Å². The van der Waals surface area contributed by atoms with Gasteiger partial charge in [0.15, 0.2) is 0 Å². The topological polar surface area (TPSA) is 53.3 Å². The molecule has 0 aromatic rings. The van der Waals surface area contributed by atoms with E-state index >= 15 is 0 Å². The fourth-order valence-corrected chi connectivity index (χ4v) is 1.39. The molecule has 0 saturated carbocycles. The van der Waals surface area contributed by atoms with Crippen molar-refractivity contribution >= 4 is 6.09 Å². The molecule has 0 aromatic heterocycles. The summed E-state index contributed by atoms with van der Waals surface area (Å²) in [5.74, 6) is 0. The number of hydrogen-bond donors (Lipinski definition) is 0. The zero-order chi connectivity index (χ0) is 13.5. The minimum Gasteiger partial charge on any atom is -0.444 e. The Morgan fingerprint density at radius 3 is 2.41 bits per heavy atom. The number of nitriles is 1. The average Bonchev–Trinajstić information content (AvgIpc) is 2.21. The fraction of sp³-hybridized carbons (Fsp3) is 0.846. The quantitative estimate of drug-likeness (QED) is 0.693. The van der Waals surface area contributed by atoms with Gasteiger partial charge in [0, 0.05) is 7.05 Å². The Kier molecular flexibility index (Phi) is 6.64. The Morgan fingerprint density at radius 1 is 1.41 bits per heavy atom. The molecule has 0 aliphatic rings. The first-order valence-electron chi connectivity index (χ1n) is 6.17. The van der Waals surface area contributed by atoms with Crippen LogP contribution in [0.15, 0.2) is 0 Å². The first-order valence-corrected chi connectivity index (χ1v) is 6.17. The average molecular weight is 240 g/mol. The number of carbonyl (C=O) groups is 1. The molecule has 0 spiro atoms. The van der Waals surface area contributed by atoms with E-state index in [0.717, 1.165) is 19.3 Å². The zero-order valence-electron chi connectivity index (χ0n) is 11.6. The molecule has 0 heterocycles. The van der Waals surface area contributed by atoms with E-state index in [1.54, 1.807) is 7.05 Å². The fourth-order valence-electron chi connectivity index (χ4n) is 1.39. The molecule has 0 fully saturated rings. The summed E-state index contributed by atoms with van der Waals surface area (Å²) in [6.45, 7) is 7.56. The summed E-state index contributed by atoms with van der Waals surface area (Å²) < 4.78 is 5.22. The first kappa shape index (κ1) is 15.8. The maximum atomic E-state index is 11.7. The van der Waals surface area contributed by atoms with E-state index in [2.05, 4.69) is 13.0 Å². The van der Waals surface area contributed by atoms with Crippen molar-refractivity contribution in [2.24, 2.45) is 0 Å². The van der Waals surface area contributed by atoms with Gasteiger partial charge in [-0.05, 0) is 27.2 Å². The number of rotatable bonds is 5. The highest BCUT2D eigenvalue weighted by atomic mass is 16.6. The van der Waals surface area contributed by atoms with Crippen molar-refractivity contribution < 1.29 is 9.53 Å². The molecule has 1 unspecified atom stereocenters. The van der Waals surface area contributed by atoms with Gasteiger partial charge >= 0.3 is 6.09 Å². The SMILES string of the molecule is CCCCCC(C#N)N(C)C(=O)OC(C)(C)C. The number of nitrogens with zero attached hydrogens (tertiary/aromatic N) is 2. The number of hydrogen-bond acceptors (Lipinski definition) is 3. The monoisotopic (exact) mass is 240 g/mol. The van der Waals surface area contributed by atoms with Crippen LogP contribution in [0.4, 0.5) is 4.79 Å². The molecule has 0 radical (unpaired) electrons. The van der Waals surface area contributed by atoms with Crippen LogP contribution in [0.2, 0.25) is 0 Å². The van der Waals surface area contributed by atoms with Gasteiger partial charge in [-0.3, -0.25) is 4.90 Å². The Balaban J connectivity index is 4.29. The second-order valence-electron chi connectivity index (χ2n) is 5.23. The number of ether oxygens (including phenoxy) is 1. The van der Waals surface area contributed by atoms with E-state index in [1.807, 2.05) is 20.8 Å². The maximum Gasteiger partial charge on any atom is 0.411 e. The van der Waals surface area contributed by atoms with E-state index in [0.29, 0.717) is 6.42 Å². The third kappa shape index (κ3) is 6.83. The molecule has 0 aliphatic carbocycles. The maximum absolute atomic E-state index is 11.7. The van der Waals surface area contributed by atoms with Gasteiger partial charge in [0.25, 0.3) is 0 Å². The van der Waals surface area contributed by atoms with E-state index in [9.17, 15) is 4.79 Å². The van der Waals surface area contributed by atoms with Crippen LogP contribution in [0, 0.1) is 11.3 Å². The molecule has 0 aliphatic heterocycles. The number of carbonyl (C=O) groups excluding carboxylic acids is 1. The van der Waals surface area contributed by atoms with Gasteiger partial charge < -0.3 is 4.74 Å². The molecule has 4 nitrogen and oxygen atoms in total. The third-order valence-corrected chi connectivity index (χ3v) is 2.38. The molecule has 1 atom stereocenters. The lowest BCUT2D eigenvalue weighted by molar-refractivity contribution is 0.0253. The number of amides is 1. The summed E-state index contributed by atoms with van der Waals surface area (Å²) in [6.07, 6.45) is 3.43. The highest BCUT2D eigenvalue weighted by molar-refractivity contribution is 5.68. The molecule has 17 heavy (non-hydrogen) atoms. The van der Waals surface area contributed by atoms with E-state index in [1.165, 1.54) is 4.90 Å². The summed E-state index contributed by atoms with van der Waals surface area (Å²) in [6, 6.07) is 1.76. The molecule has 0 aromatic carbocycles. The lowest BCUT2D eigenvalue weighted by Gasteiger charge is -2.27. The van der Waals surface area contributed by atoms with Gasteiger partial charge in [-0.1, -0.05) is 26.2 Å².